The molecular formula is C63H47N3O2P+. The maximum atomic E-state index is 14.6. The van der Waals surface area contributed by atoms with Crippen LogP contribution in [0.1, 0.15) is 25.0 Å². The highest BCUT2D eigenvalue weighted by atomic mass is 31.1. The van der Waals surface area contributed by atoms with Crippen molar-refractivity contribution in [2.75, 3.05) is 14.9 Å². The van der Waals surface area contributed by atoms with Crippen molar-refractivity contribution in [3.63, 3.8) is 0 Å². The van der Waals surface area contributed by atoms with Crippen LogP contribution in [0.4, 0.5) is 39.8 Å². The number of nitrogens with one attached hydrogen (secondary N) is 1. The zero-order valence-electron chi connectivity index (χ0n) is 38.3. The lowest BCUT2D eigenvalue weighted by Gasteiger charge is -2.28. The average molecular weight is 909 g/mol. The Kier molecular flexibility index (Phi) is 10.5. The average Bonchev–Trinajstić information content (AvgIpc) is 3.90. The molecule has 69 heavy (non-hydrogen) atoms. The Bertz CT molecular complexity index is 3680. The second-order valence-corrected chi connectivity index (χ2v) is 19.5. The van der Waals surface area contributed by atoms with Crippen molar-refractivity contribution in [3.8, 4) is 33.4 Å². The van der Waals surface area contributed by atoms with E-state index in [2.05, 4.69) is 176 Å². The number of benzene rings is 10. The predicted molar refractivity (Wildman–Crippen MR) is 289 cm³/mol. The monoisotopic (exact) mass is 908 g/mol. The minimum atomic E-state index is -2.02. The number of hydrogen-bond donors (Lipinski definition) is 1. The molecule has 1 unspecified atom stereocenters. The van der Waals surface area contributed by atoms with E-state index in [1.165, 1.54) is 22.3 Å². The molecule has 0 saturated heterocycles. The quantitative estimate of drug-likeness (QED) is 0.131. The molecule has 0 fully saturated rings. The molecule has 0 bridgehead atoms. The first-order valence-electron chi connectivity index (χ1n) is 23.4. The van der Waals surface area contributed by atoms with Crippen LogP contribution >= 0.6 is 7.95 Å². The SMILES string of the molecule is CC1(C)c2ccccc2-c2ccc(N(c3ccc(-c4ccc(N(c5ccccc5)[P+](=O)c5ccccc5)c(Nc5ccccc5)c4)cc3)c3ccc(-c4cccc5oc6ccccc6c45)cc3)cc21. The molecule has 0 amide bonds. The van der Waals surface area contributed by atoms with Gasteiger partial charge in [0.25, 0.3) is 0 Å². The molecule has 0 radical (unpaired) electrons. The maximum Gasteiger partial charge on any atom is 0.506 e. The summed E-state index contributed by atoms with van der Waals surface area (Å²) < 4.78 is 22.8. The van der Waals surface area contributed by atoms with Crippen LogP contribution in [0.5, 0.6) is 0 Å². The number of furan rings is 1. The molecule has 1 N–H and O–H groups in total. The van der Waals surface area contributed by atoms with Crippen LogP contribution in [-0.2, 0) is 9.98 Å². The molecule has 1 aromatic heterocycles. The van der Waals surface area contributed by atoms with E-state index in [1.807, 2.05) is 95.7 Å². The number of rotatable bonds is 11. The van der Waals surface area contributed by atoms with Gasteiger partial charge in [0.15, 0.2) is 0 Å². The Labute approximate surface area is 403 Å². The summed E-state index contributed by atoms with van der Waals surface area (Å²) in [5.41, 5.74) is 17.8. The van der Waals surface area contributed by atoms with Crippen LogP contribution in [-0.4, -0.2) is 0 Å². The van der Waals surface area contributed by atoms with Gasteiger partial charge in [0, 0.05) is 38.9 Å². The van der Waals surface area contributed by atoms with Gasteiger partial charge < -0.3 is 14.6 Å². The molecule has 10 aromatic carbocycles. The largest absolute Gasteiger partial charge is 0.506 e. The van der Waals surface area contributed by atoms with Gasteiger partial charge in [0.1, 0.15) is 16.9 Å². The van der Waals surface area contributed by atoms with Gasteiger partial charge in [-0.05, 0) is 146 Å². The van der Waals surface area contributed by atoms with E-state index in [-0.39, 0.29) is 5.41 Å². The summed E-state index contributed by atoms with van der Waals surface area (Å²) in [6, 6.07) is 84.3. The van der Waals surface area contributed by atoms with Crippen LogP contribution in [0.2, 0.25) is 0 Å². The summed E-state index contributed by atoms with van der Waals surface area (Å²) in [6.07, 6.45) is 0. The summed E-state index contributed by atoms with van der Waals surface area (Å²) in [7, 11) is -2.02. The number of para-hydroxylation sites is 3. The summed E-state index contributed by atoms with van der Waals surface area (Å²) in [6.45, 7) is 4.67. The normalized spacial score (nSPS) is 12.6. The number of fused-ring (bicyclic) bond motifs is 6. The van der Waals surface area contributed by atoms with Crippen molar-refractivity contribution in [3.05, 3.63) is 254 Å². The van der Waals surface area contributed by atoms with E-state index in [0.29, 0.717) is 0 Å². The molecule has 1 heterocycles. The first kappa shape index (κ1) is 41.9. The molecule has 330 valence electrons. The van der Waals surface area contributed by atoms with Gasteiger partial charge >= 0.3 is 7.95 Å². The minimum Gasteiger partial charge on any atom is -0.456 e. The van der Waals surface area contributed by atoms with Crippen LogP contribution in [0.15, 0.2) is 247 Å². The molecule has 11 aromatic rings. The van der Waals surface area contributed by atoms with Gasteiger partial charge in [-0.15, -0.1) is 4.67 Å². The van der Waals surface area contributed by atoms with E-state index in [4.69, 9.17) is 4.42 Å². The topological polar surface area (TPSA) is 48.7 Å². The van der Waals surface area contributed by atoms with Crippen molar-refractivity contribution >= 4 is 75.0 Å². The molecule has 0 aliphatic heterocycles. The predicted octanol–water partition coefficient (Wildman–Crippen LogP) is 17.6. The minimum absolute atomic E-state index is 0.157. The Morgan fingerprint density at radius 3 is 1.78 bits per heavy atom. The molecule has 0 saturated carbocycles. The molecule has 6 heteroatoms. The summed E-state index contributed by atoms with van der Waals surface area (Å²) in [4.78, 5) is 2.37. The Balaban J connectivity index is 0.953. The third-order valence-electron chi connectivity index (χ3n) is 13.6. The third kappa shape index (κ3) is 7.54. The first-order chi connectivity index (χ1) is 33.9. The number of anilines is 7. The molecule has 12 rings (SSSR count). The highest BCUT2D eigenvalue weighted by molar-refractivity contribution is 7.55. The molecule has 1 aliphatic carbocycles. The van der Waals surface area contributed by atoms with Crippen molar-refractivity contribution in [1.82, 2.24) is 0 Å². The fourth-order valence-electron chi connectivity index (χ4n) is 10.1. The van der Waals surface area contributed by atoms with Crippen molar-refractivity contribution in [1.29, 1.82) is 0 Å². The summed E-state index contributed by atoms with van der Waals surface area (Å²) in [5.74, 6) is 0. The van der Waals surface area contributed by atoms with Crippen LogP contribution < -0.4 is 20.2 Å². The number of nitrogens with zero attached hydrogens (tertiary/aromatic N) is 2. The third-order valence-corrected chi connectivity index (χ3v) is 15.1. The Hall–Kier alpha value is -8.50. The standard InChI is InChI=1S/C63H47N3O2P/c1-63(2)56-26-14-12-23-53(56)54-39-38-50(42-57(54)63)65(48-36-31-44(32-37-48)52-25-16-28-61-62(52)55-24-13-15-27-60(55)68-61)47-34-29-43(30-35-47)45-33-40-59(58(41-45)64-46-17-6-3-7-18-46)66(49-19-8-4-9-20-49)69(67)51-21-10-5-11-22-51/h3-42,64H,1-2H3/q+1. The molecule has 1 aliphatic rings. The van der Waals surface area contributed by atoms with Crippen molar-refractivity contribution < 1.29 is 8.98 Å². The van der Waals surface area contributed by atoms with Crippen molar-refractivity contribution in [2.24, 2.45) is 0 Å². The zero-order valence-corrected chi connectivity index (χ0v) is 39.1. The lowest BCUT2D eigenvalue weighted by atomic mass is 9.82. The second-order valence-electron chi connectivity index (χ2n) is 18.1. The van der Waals surface area contributed by atoms with Crippen LogP contribution in [0, 0.1) is 0 Å². The fraction of sp³-hybridized carbons (Fsp3) is 0.0476. The van der Waals surface area contributed by atoms with Crippen molar-refractivity contribution in [2.45, 2.75) is 19.3 Å². The van der Waals surface area contributed by atoms with Crippen LogP contribution in [0.3, 0.4) is 0 Å². The molecule has 1 atom stereocenters. The highest BCUT2D eigenvalue weighted by Gasteiger charge is 2.37. The Morgan fingerprint density at radius 1 is 0.449 bits per heavy atom. The van der Waals surface area contributed by atoms with Gasteiger partial charge in [-0.3, -0.25) is 0 Å². The number of hydrogen-bond acceptors (Lipinski definition) is 4. The summed E-state index contributed by atoms with van der Waals surface area (Å²) >= 11 is 0. The zero-order chi connectivity index (χ0) is 46.5. The van der Waals surface area contributed by atoms with E-state index in [0.717, 1.165) is 89.3 Å². The van der Waals surface area contributed by atoms with Gasteiger partial charge in [-0.25, -0.2) is 0 Å². The lowest BCUT2D eigenvalue weighted by molar-refractivity contribution is 0.593. The summed E-state index contributed by atoms with van der Waals surface area (Å²) in [5, 5.41) is 6.69. The fourth-order valence-corrected chi connectivity index (χ4v) is 11.5. The maximum absolute atomic E-state index is 14.6. The lowest BCUT2D eigenvalue weighted by Crippen LogP contribution is -2.16. The highest BCUT2D eigenvalue weighted by Crippen LogP contribution is 2.51. The molecule has 5 nitrogen and oxygen atoms in total. The van der Waals surface area contributed by atoms with Crippen LogP contribution in [0.25, 0.3) is 55.3 Å². The second kappa shape index (κ2) is 17.3. The van der Waals surface area contributed by atoms with E-state index >= 15 is 0 Å². The Morgan fingerprint density at radius 2 is 1.03 bits per heavy atom. The van der Waals surface area contributed by atoms with Gasteiger partial charge in [0.2, 0.25) is 5.30 Å². The smallest absolute Gasteiger partial charge is 0.456 e. The van der Waals surface area contributed by atoms with Gasteiger partial charge in [-0.2, -0.15) is 0 Å². The molecular weight excluding hydrogens is 862 g/mol. The first-order valence-corrected chi connectivity index (χ1v) is 24.6. The van der Waals surface area contributed by atoms with E-state index in [9.17, 15) is 4.57 Å². The molecule has 0 spiro atoms. The van der Waals surface area contributed by atoms with Gasteiger partial charge in [-0.1, -0.05) is 159 Å². The van der Waals surface area contributed by atoms with E-state index < -0.39 is 7.95 Å². The van der Waals surface area contributed by atoms with E-state index in [1.54, 1.807) is 0 Å². The van der Waals surface area contributed by atoms with Gasteiger partial charge in [0.05, 0.1) is 11.4 Å².